The van der Waals surface area contributed by atoms with Gasteiger partial charge in [0, 0.05) is 0 Å². The van der Waals surface area contributed by atoms with Crippen LogP contribution in [-0.4, -0.2) is 28.8 Å². The van der Waals surface area contributed by atoms with Crippen LogP contribution in [0.5, 0.6) is 5.75 Å². The van der Waals surface area contributed by atoms with Gasteiger partial charge in [0.25, 0.3) is 0 Å². The second-order valence-corrected chi connectivity index (χ2v) is 9.78. The number of hydrogen-bond acceptors (Lipinski definition) is 3. The van der Waals surface area contributed by atoms with E-state index in [4.69, 9.17) is 4.74 Å². The number of unbranched alkanes of at least 4 members (excludes halogenated alkanes) is 4. The van der Waals surface area contributed by atoms with Gasteiger partial charge in [-0.2, -0.15) is 0 Å². The zero-order chi connectivity index (χ0) is 24.1. The summed E-state index contributed by atoms with van der Waals surface area (Å²) >= 11 is 0. The number of carboxylic acids is 2. The molecule has 182 valence electrons. The van der Waals surface area contributed by atoms with Gasteiger partial charge in [0.15, 0.2) is 0 Å². The van der Waals surface area contributed by atoms with E-state index in [1.54, 1.807) is 18.2 Å². The first-order valence-corrected chi connectivity index (χ1v) is 12.4. The normalized spacial score (nSPS) is 13.3. The van der Waals surface area contributed by atoms with Gasteiger partial charge in [-0.1, -0.05) is 66.4 Å². The summed E-state index contributed by atoms with van der Waals surface area (Å²) in [6, 6.07) is 5.37. The Labute approximate surface area is 194 Å². The summed E-state index contributed by atoms with van der Waals surface area (Å²) in [6.07, 6.45) is 8.20. The summed E-state index contributed by atoms with van der Waals surface area (Å²) < 4.78 is 5.94. The predicted octanol–water partition coefficient (Wildman–Crippen LogP) is 7.24. The van der Waals surface area contributed by atoms with E-state index in [9.17, 15) is 19.8 Å². The Balaban J connectivity index is 3.19. The number of benzene rings is 1. The monoisotopic (exact) mass is 448 g/mol. The molecule has 0 spiro atoms. The molecular formula is C27H44O5. The maximum Gasteiger partial charge on any atom is 0.310 e. The van der Waals surface area contributed by atoms with E-state index in [2.05, 4.69) is 34.6 Å². The largest absolute Gasteiger partial charge is 0.494 e. The van der Waals surface area contributed by atoms with Crippen LogP contribution in [0, 0.1) is 11.8 Å². The zero-order valence-electron chi connectivity index (χ0n) is 20.7. The SMILES string of the molecule is CCCCCCCOc1ccc(C(CCC(C)C)C(=O)O)c(C(CCC(C)C)C(=O)O)c1. The molecule has 0 saturated carbocycles. The molecule has 1 aromatic carbocycles. The molecular weight excluding hydrogens is 404 g/mol. The molecule has 0 heterocycles. The molecule has 0 aliphatic carbocycles. The number of aliphatic carboxylic acids is 2. The Kier molecular flexibility index (Phi) is 13.0. The minimum Gasteiger partial charge on any atom is -0.494 e. The smallest absolute Gasteiger partial charge is 0.310 e. The molecule has 0 fully saturated rings. The maximum atomic E-state index is 12.2. The Morgan fingerprint density at radius 2 is 1.31 bits per heavy atom. The van der Waals surface area contributed by atoms with Crippen molar-refractivity contribution >= 4 is 11.9 Å². The van der Waals surface area contributed by atoms with E-state index in [-0.39, 0.29) is 0 Å². The fraction of sp³-hybridized carbons (Fsp3) is 0.704. The van der Waals surface area contributed by atoms with Gasteiger partial charge in [-0.25, -0.2) is 0 Å². The van der Waals surface area contributed by atoms with Gasteiger partial charge in [0.1, 0.15) is 5.75 Å². The highest BCUT2D eigenvalue weighted by molar-refractivity contribution is 5.81. The van der Waals surface area contributed by atoms with Crippen molar-refractivity contribution in [3.63, 3.8) is 0 Å². The Hall–Kier alpha value is -2.04. The molecule has 0 bridgehead atoms. The third-order valence-corrected chi connectivity index (χ3v) is 5.99. The van der Waals surface area contributed by atoms with Crippen LogP contribution in [0.2, 0.25) is 0 Å². The van der Waals surface area contributed by atoms with Crippen molar-refractivity contribution in [3.05, 3.63) is 29.3 Å². The average molecular weight is 449 g/mol. The summed E-state index contributed by atoms with van der Waals surface area (Å²) in [6.45, 7) is 11.0. The maximum absolute atomic E-state index is 12.2. The number of rotatable bonds is 17. The van der Waals surface area contributed by atoms with Crippen molar-refractivity contribution in [2.45, 2.75) is 104 Å². The van der Waals surface area contributed by atoms with Crippen molar-refractivity contribution in [1.82, 2.24) is 0 Å². The molecule has 2 unspecified atom stereocenters. The summed E-state index contributed by atoms with van der Waals surface area (Å²) in [4.78, 5) is 24.3. The zero-order valence-corrected chi connectivity index (χ0v) is 20.7. The highest BCUT2D eigenvalue weighted by Gasteiger charge is 2.29. The quantitative estimate of drug-likeness (QED) is 0.245. The van der Waals surface area contributed by atoms with Crippen LogP contribution < -0.4 is 4.74 Å². The van der Waals surface area contributed by atoms with E-state index in [1.807, 2.05) is 0 Å². The molecule has 1 rings (SSSR count). The van der Waals surface area contributed by atoms with Gasteiger partial charge in [0.05, 0.1) is 18.4 Å². The minimum absolute atomic E-state index is 0.374. The van der Waals surface area contributed by atoms with Crippen LogP contribution in [0.15, 0.2) is 18.2 Å². The second kappa shape index (κ2) is 14.9. The first kappa shape index (κ1) is 28.0. The standard InChI is InChI=1S/C27H44O5/c1-6-7-8-9-10-17-32-21-13-16-22(23(26(28)29)14-11-19(2)3)25(18-21)24(27(30)31)15-12-20(4)5/h13,16,18-20,23-24H,6-12,14-15,17H2,1-5H3,(H,28,29)(H,30,31). The number of carboxylic acid groups (broad SMARTS) is 2. The average Bonchev–Trinajstić information content (AvgIpc) is 2.71. The second-order valence-electron chi connectivity index (χ2n) is 9.78. The van der Waals surface area contributed by atoms with Crippen LogP contribution >= 0.6 is 0 Å². The molecule has 2 N–H and O–H groups in total. The van der Waals surface area contributed by atoms with Crippen molar-refractivity contribution in [2.75, 3.05) is 6.61 Å². The molecule has 0 aliphatic rings. The summed E-state index contributed by atoms with van der Waals surface area (Å²) in [5.74, 6) is -1.87. The molecule has 0 aliphatic heterocycles. The topological polar surface area (TPSA) is 83.8 Å². The van der Waals surface area contributed by atoms with Gasteiger partial charge in [-0.05, 0) is 67.2 Å². The predicted molar refractivity (Wildman–Crippen MR) is 130 cm³/mol. The fourth-order valence-electron chi connectivity index (χ4n) is 3.98. The van der Waals surface area contributed by atoms with E-state index >= 15 is 0 Å². The lowest BCUT2D eigenvalue weighted by molar-refractivity contribution is -0.140. The molecule has 1 aromatic rings. The summed E-state index contributed by atoms with van der Waals surface area (Å²) in [7, 11) is 0. The third kappa shape index (κ3) is 10.1. The lowest BCUT2D eigenvalue weighted by Crippen LogP contribution is -2.20. The van der Waals surface area contributed by atoms with E-state index in [0.29, 0.717) is 48.2 Å². The lowest BCUT2D eigenvalue weighted by atomic mass is 9.81. The molecule has 5 nitrogen and oxygen atoms in total. The highest BCUT2D eigenvalue weighted by atomic mass is 16.5. The van der Waals surface area contributed by atoms with E-state index < -0.39 is 23.8 Å². The molecule has 0 aromatic heterocycles. The number of ether oxygens (including phenoxy) is 1. The van der Waals surface area contributed by atoms with Crippen LogP contribution in [0.3, 0.4) is 0 Å². The first-order chi connectivity index (χ1) is 15.2. The minimum atomic E-state index is -0.906. The van der Waals surface area contributed by atoms with Crippen molar-refractivity contribution < 1.29 is 24.5 Å². The number of carbonyl (C=O) groups is 2. The fourth-order valence-corrected chi connectivity index (χ4v) is 3.98. The van der Waals surface area contributed by atoms with Gasteiger partial charge in [-0.3, -0.25) is 9.59 Å². The first-order valence-electron chi connectivity index (χ1n) is 12.4. The van der Waals surface area contributed by atoms with Crippen molar-refractivity contribution in [2.24, 2.45) is 11.8 Å². The van der Waals surface area contributed by atoms with Crippen LogP contribution in [-0.2, 0) is 9.59 Å². The molecule has 0 amide bonds. The van der Waals surface area contributed by atoms with Crippen LogP contribution in [0.25, 0.3) is 0 Å². The van der Waals surface area contributed by atoms with E-state index in [0.717, 1.165) is 25.7 Å². The van der Waals surface area contributed by atoms with Gasteiger partial charge in [-0.15, -0.1) is 0 Å². The van der Waals surface area contributed by atoms with Crippen molar-refractivity contribution in [3.8, 4) is 5.75 Å². The van der Waals surface area contributed by atoms with Gasteiger partial charge < -0.3 is 14.9 Å². The molecule has 5 heteroatoms. The highest BCUT2D eigenvalue weighted by Crippen LogP contribution is 2.36. The van der Waals surface area contributed by atoms with Crippen molar-refractivity contribution in [1.29, 1.82) is 0 Å². The number of hydrogen-bond donors (Lipinski definition) is 2. The lowest BCUT2D eigenvalue weighted by Gasteiger charge is -2.23. The van der Waals surface area contributed by atoms with Crippen LogP contribution in [0.4, 0.5) is 0 Å². The third-order valence-electron chi connectivity index (χ3n) is 5.99. The molecule has 2 atom stereocenters. The Bertz CT molecular complexity index is 695. The molecule has 0 radical (unpaired) electrons. The Morgan fingerprint density at radius 3 is 1.81 bits per heavy atom. The van der Waals surface area contributed by atoms with Gasteiger partial charge >= 0.3 is 11.9 Å². The van der Waals surface area contributed by atoms with Gasteiger partial charge in [0.2, 0.25) is 0 Å². The summed E-state index contributed by atoms with van der Waals surface area (Å²) in [5, 5.41) is 19.9. The van der Waals surface area contributed by atoms with Crippen LogP contribution in [0.1, 0.15) is 115 Å². The van der Waals surface area contributed by atoms with E-state index in [1.165, 1.54) is 19.3 Å². The summed E-state index contributed by atoms with van der Waals surface area (Å²) in [5.41, 5.74) is 1.21. The molecule has 0 saturated heterocycles. The molecule has 32 heavy (non-hydrogen) atoms. The Morgan fingerprint density at radius 1 is 0.781 bits per heavy atom.